The highest BCUT2D eigenvalue weighted by atomic mass is 16.5. The van der Waals surface area contributed by atoms with E-state index in [-0.39, 0.29) is 0 Å². The lowest BCUT2D eigenvalue weighted by atomic mass is 9.87. The summed E-state index contributed by atoms with van der Waals surface area (Å²) in [7, 11) is 0. The Morgan fingerprint density at radius 2 is 1.92 bits per heavy atom. The van der Waals surface area contributed by atoms with Crippen LogP contribution in [0.4, 0.5) is 0 Å². The summed E-state index contributed by atoms with van der Waals surface area (Å²) in [5.74, 6) is 0.944. The monoisotopic (exact) mass is 182 g/mol. The van der Waals surface area contributed by atoms with Crippen LogP contribution in [-0.2, 0) is 4.74 Å². The molecule has 0 spiro atoms. The number of ether oxygens (including phenoxy) is 1. The van der Waals surface area contributed by atoms with Crippen LogP contribution in [-0.4, -0.2) is 6.61 Å². The highest BCUT2D eigenvalue weighted by molar-refractivity contribution is 4.86. The van der Waals surface area contributed by atoms with E-state index in [0.29, 0.717) is 0 Å². The van der Waals surface area contributed by atoms with E-state index in [2.05, 4.69) is 13.8 Å². The summed E-state index contributed by atoms with van der Waals surface area (Å²) in [5, 5.41) is 0. The van der Waals surface area contributed by atoms with Gasteiger partial charge < -0.3 is 4.74 Å². The van der Waals surface area contributed by atoms with Gasteiger partial charge in [-0.05, 0) is 31.8 Å². The fourth-order valence-electron chi connectivity index (χ4n) is 1.94. The highest BCUT2D eigenvalue weighted by Gasteiger charge is 2.12. The minimum absolute atomic E-state index is 0.913. The van der Waals surface area contributed by atoms with Gasteiger partial charge in [0.25, 0.3) is 0 Å². The molecule has 1 heteroatoms. The average Bonchev–Trinajstić information content (AvgIpc) is 2.14. The fourth-order valence-corrected chi connectivity index (χ4v) is 1.94. The third-order valence-electron chi connectivity index (χ3n) is 2.69. The lowest BCUT2D eigenvalue weighted by Crippen LogP contribution is -2.08. The first-order valence-electron chi connectivity index (χ1n) is 5.54. The van der Waals surface area contributed by atoms with Crippen molar-refractivity contribution in [2.75, 3.05) is 6.61 Å². The predicted molar refractivity (Wildman–Crippen MR) is 56.6 cm³/mol. The van der Waals surface area contributed by atoms with E-state index in [1.54, 1.807) is 0 Å². The van der Waals surface area contributed by atoms with Crippen LogP contribution in [0.5, 0.6) is 0 Å². The van der Waals surface area contributed by atoms with Gasteiger partial charge in [-0.25, -0.2) is 0 Å². The molecule has 0 N–H and O–H groups in total. The Labute approximate surface area is 82.2 Å². The minimum Gasteiger partial charge on any atom is -0.501 e. The van der Waals surface area contributed by atoms with Gasteiger partial charge in [-0.15, -0.1) is 0 Å². The van der Waals surface area contributed by atoms with Gasteiger partial charge in [-0.3, -0.25) is 0 Å². The van der Waals surface area contributed by atoms with E-state index in [4.69, 9.17) is 4.74 Å². The van der Waals surface area contributed by atoms with Crippen LogP contribution < -0.4 is 0 Å². The van der Waals surface area contributed by atoms with E-state index >= 15 is 0 Å². The number of rotatable bonds is 4. The SMILES string of the molecule is CC(C)=COCCC1CCCCC1. The minimum atomic E-state index is 0.913. The normalized spacial score (nSPS) is 18.3. The molecule has 0 aromatic carbocycles. The second kappa shape index (κ2) is 6.06. The first-order chi connectivity index (χ1) is 6.29. The molecule has 1 aliphatic carbocycles. The van der Waals surface area contributed by atoms with Crippen LogP contribution >= 0.6 is 0 Å². The van der Waals surface area contributed by atoms with Crippen LogP contribution in [0, 0.1) is 5.92 Å². The number of allylic oxidation sites excluding steroid dienone is 1. The maximum atomic E-state index is 5.44. The van der Waals surface area contributed by atoms with Gasteiger partial charge >= 0.3 is 0 Å². The molecular formula is C12H22O. The molecule has 0 saturated heterocycles. The molecule has 0 radical (unpaired) electrons. The highest BCUT2D eigenvalue weighted by Crippen LogP contribution is 2.26. The number of hydrogen-bond acceptors (Lipinski definition) is 1. The standard InChI is InChI=1S/C12H22O/c1-11(2)10-13-9-8-12-6-4-3-5-7-12/h10,12H,3-9H2,1-2H3. The molecule has 0 aromatic rings. The maximum absolute atomic E-state index is 5.44. The lowest BCUT2D eigenvalue weighted by molar-refractivity contribution is 0.201. The summed E-state index contributed by atoms with van der Waals surface area (Å²) in [5.41, 5.74) is 1.25. The largest absolute Gasteiger partial charge is 0.501 e. The molecule has 0 amide bonds. The molecule has 0 bridgehead atoms. The van der Waals surface area contributed by atoms with Crippen molar-refractivity contribution in [3.63, 3.8) is 0 Å². The van der Waals surface area contributed by atoms with Gasteiger partial charge in [-0.1, -0.05) is 32.1 Å². The van der Waals surface area contributed by atoms with Crippen molar-refractivity contribution in [1.82, 2.24) is 0 Å². The molecule has 1 fully saturated rings. The van der Waals surface area contributed by atoms with E-state index in [1.807, 2.05) is 6.26 Å². The summed E-state index contributed by atoms with van der Waals surface area (Å²) in [4.78, 5) is 0. The van der Waals surface area contributed by atoms with Gasteiger partial charge in [0.15, 0.2) is 0 Å². The Bertz CT molecular complexity index is 151. The summed E-state index contributed by atoms with van der Waals surface area (Å²) < 4.78 is 5.44. The van der Waals surface area contributed by atoms with Crippen LogP contribution in [0.25, 0.3) is 0 Å². The van der Waals surface area contributed by atoms with E-state index in [0.717, 1.165) is 12.5 Å². The molecule has 1 aliphatic rings. The first kappa shape index (κ1) is 10.6. The van der Waals surface area contributed by atoms with Gasteiger partial charge in [0.05, 0.1) is 12.9 Å². The predicted octanol–water partition coefficient (Wildman–Crippen LogP) is 3.90. The molecule has 76 valence electrons. The van der Waals surface area contributed by atoms with E-state index in [1.165, 1.54) is 44.1 Å². The average molecular weight is 182 g/mol. The molecular weight excluding hydrogens is 160 g/mol. The van der Waals surface area contributed by atoms with Crippen molar-refractivity contribution in [1.29, 1.82) is 0 Å². The van der Waals surface area contributed by atoms with E-state index in [9.17, 15) is 0 Å². The topological polar surface area (TPSA) is 9.23 Å². The summed E-state index contributed by atoms with van der Waals surface area (Å²) >= 11 is 0. The first-order valence-corrected chi connectivity index (χ1v) is 5.54. The smallest absolute Gasteiger partial charge is 0.0875 e. The van der Waals surface area contributed by atoms with Gasteiger partial charge in [-0.2, -0.15) is 0 Å². The van der Waals surface area contributed by atoms with Crippen LogP contribution in [0.1, 0.15) is 52.4 Å². The van der Waals surface area contributed by atoms with Gasteiger partial charge in [0, 0.05) is 0 Å². The zero-order chi connectivity index (χ0) is 9.52. The zero-order valence-corrected chi connectivity index (χ0v) is 9.01. The zero-order valence-electron chi connectivity index (χ0n) is 9.01. The quantitative estimate of drug-likeness (QED) is 0.473. The third-order valence-corrected chi connectivity index (χ3v) is 2.69. The molecule has 0 atom stereocenters. The second-order valence-electron chi connectivity index (χ2n) is 4.36. The third kappa shape index (κ3) is 4.97. The fraction of sp³-hybridized carbons (Fsp3) is 0.833. The van der Waals surface area contributed by atoms with Crippen molar-refractivity contribution >= 4 is 0 Å². The molecule has 1 saturated carbocycles. The van der Waals surface area contributed by atoms with Crippen LogP contribution in [0.15, 0.2) is 11.8 Å². The van der Waals surface area contributed by atoms with Crippen molar-refractivity contribution in [2.24, 2.45) is 5.92 Å². The molecule has 1 nitrogen and oxygen atoms in total. The van der Waals surface area contributed by atoms with Crippen LogP contribution in [0.2, 0.25) is 0 Å². The Morgan fingerprint density at radius 1 is 1.23 bits per heavy atom. The second-order valence-corrected chi connectivity index (χ2v) is 4.36. The van der Waals surface area contributed by atoms with Crippen LogP contribution in [0.3, 0.4) is 0 Å². The maximum Gasteiger partial charge on any atom is 0.0875 e. The summed E-state index contributed by atoms with van der Waals surface area (Å²) in [6, 6.07) is 0. The van der Waals surface area contributed by atoms with Gasteiger partial charge in [0.1, 0.15) is 0 Å². The van der Waals surface area contributed by atoms with Crippen molar-refractivity contribution in [3.8, 4) is 0 Å². The summed E-state index contributed by atoms with van der Waals surface area (Å²) in [6.45, 7) is 5.05. The molecule has 0 heterocycles. The van der Waals surface area contributed by atoms with Gasteiger partial charge in [0.2, 0.25) is 0 Å². The van der Waals surface area contributed by atoms with E-state index < -0.39 is 0 Å². The van der Waals surface area contributed by atoms with Crippen molar-refractivity contribution in [3.05, 3.63) is 11.8 Å². The lowest BCUT2D eigenvalue weighted by Gasteiger charge is -2.20. The molecule has 1 rings (SSSR count). The molecule has 0 aromatic heterocycles. The van der Waals surface area contributed by atoms with Crippen molar-refractivity contribution < 1.29 is 4.74 Å². The number of hydrogen-bond donors (Lipinski definition) is 0. The van der Waals surface area contributed by atoms with Crippen molar-refractivity contribution in [2.45, 2.75) is 52.4 Å². The Morgan fingerprint density at radius 3 is 2.54 bits per heavy atom. The molecule has 13 heavy (non-hydrogen) atoms. The Hall–Kier alpha value is -0.460. The molecule has 0 unspecified atom stereocenters. The Kier molecular flexibility index (Phi) is 4.95. The summed E-state index contributed by atoms with van der Waals surface area (Å²) in [6.07, 6.45) is 10.3. The Balaban J connectivity index is 2.01. The molecule has 0 aliphatic heterocycles.